The zero-order chi connectivity index (χ0) is 18.9. The lowest BCUT2D eigenvalue weighted by molar-refractivity contribution is -0.146. The van der Waals surface area contributed by atoms with Gasteiger partial charge in [-0.1, -0.05) is 35.9 Å². The molecule has 1 unspecified atom stereocenters. The fourth-order valence-corrected chi connectivity index (χ4v) is 4.23. The van der Waals surface area contributed by atoms with Crippen LogP contribution >= 0.6 is 11.6 Å². The van der Waals surface area contributed by atoms with Gasteiger partial charge in [0.1, 0.15) is 12.4 Å². The molecule has 4 nitrogen and oxygen atoms in total. The number of benzene rings is 2. The van der Waals surface area contributed by atoms with E-state index in [0.29, 0.717) is 12.2 Å². The van der Waals surface area contributed by atoms with Crippen LogP contribution in [-0.2, 0) is 16.1 Å². The molecule has 27 heavy (non-hydrogen) atoms. The summed E-state index contributed by atoms with van der Waals surface area (Å²) in [5, 5.41) is 0.762. The largest absolute Gasteiger partial charge is 0.362 e. The van der Waals surface area contributed by atoms with Crippen molar-refractivity contribution in [1.82, 2.24) is 4.90 Å². The summed E-state index contributed by atoms with van der Waals surface area (Å²) in [6.45, 7) is 2.89. The van der Waals surface area contributed by atoms with Gasteiger partial charge in [-0.3, -0.25) is 9.69 Å². The second kappa shape index (κ2) is 7.58. The predicted octanol–water partition coefficient (Wildman–Crippen LogP) is 3.88. The molecular weight excluding hydrogens is 367 g/mol. The van der Waals surface area contributed by atoms with Crippen LogP contribution in [0.2, 0.25) is 5.02 Å². The number of carbonyl (C=O) groups is 1. The molecule has 2 fully saturated rings. The lowest BCUT2D eigenvalue weighted by atomic mass is 9.90. The summed E-state index contributed by atoms with van der Waals surface area (Å²) >= 11 is 6.31. The zero-order valence-electron chi connectivity index (χ0n) is 15.0. The van der Waals surface area contributed by atoms with E-state index >= 15 is 0 Å². The fraction of sp³-hybridized carbons (Fsp3) is 0.381. The van der Waals surface area contributed by atoms with Gasteiger partial charge in [-0.2, -0.15) is 0 Å². The highest BCUT2D eigenvalue weighted by atomic mass is 35.5. The molecule has 0 aromatic heterocycles. The molecule has 2 aliphatic heterocycles. The normalized spacial score (nSPS) is 23.8. The lowest BCUT2D eigenvalue weighted by Gasteiger charge is -2.47. The van der Waals surface area contributed by atoms with E-state index in [-0.39, 0.29) is 18.3 Å². The maximum Gasteiger partial charge on any atom is 0.253 e. The molecule has 2 heterocycles. The van der Waals surface area contributed by atoms with Crippen molar-refractivity contribution < 1.29 is 13.9 Å². The van der Waals surface area contributed by atoms with Crippen molar-refractivity contribution in [3.05, 3.63) is 64.9 Å². The van der Waals surface area contributed by atoms with E-state index in [4.69, 9.17) is 16.3 Å². The van der Waals surface area contributed by atoms with Crippen LogP contribution in [0.3, 0.4) is 0 Å². The van der Waals surface area contributed by atoms with Gasteiger partial charge >= 0.3 is 0 Å². The van der Waals surface area contributed by atoms with Gasteiger partial charge in [0.25, 0.3) is 5.91 Å². The first-order valence-electron chi connectivity index (χ1n) is 9.20. The number of anilines is 1. The first-order chi connectivity index (χ1) is 13.0. The molecule has 6 heteroatoms. The molecule has 1 amide bonds. The molecule has 2 aromatic carbocycles. The molecule has 0 aliphatic carbocycles. The van der Waals surface area contributed by atoms with Gasteiger partial charge < -0.3 is 9.64 Å². The van der Waals surface area contributed by atoms with Crippen LogP contribution in [0.5, 0.6) is 0 Å². The molecular formula is C21H22ClFN2O2. The van der Waals surface area contributed by atoms with E-state index in [1.807, 2.05) is 24.3 Å². The SMILES string of the molecule is O=C1COC2(CCCN(Cc3ccccc3Cl)C2)CN1c1cccc(F)c1. The Bertz CT molecular complexity index is 846. The Morgan fingerprint density at radius 1 is 1.15 bits per heavy atom. The van der Waals surface area contributed by atoms with Crippen LogP contribution in [-0.4, -0.2) is 42.6 Å². The van der Waals surface area contributed by atoms with Crippen molar-refractivity contribution in [2.24, 2.45) is 0 Å². The van der Waals surface area contributed by atoms with Crippen LogP contribution < -0.4 is 4.90 Å². The molecule has 1 atom stereocenters. The van der Waals surface area contributed by atoms with E-state index in [2.05, 4.69) is 4.90 Å². The number of piperidine rings is 1. The third-order valence-electron chi connectivity index (χ3n) is 5.34. The van der Waals surface area contributed by atoms with Crippen LogP contribution in [0.4, 0.5) is 10.1 Å². The van der Waals surface area contributed by atoms with Gasteiger partial charge in [0.15, 0.2) is 0 Å². The number of hydrogen-bond donors (Lipinski definition) is 0. The average Bonchev–Trinajstić information content (AvgIpc) is 2.66. The predicted molar refractivity (Wildman–Crippen MR) is 103 cm³/mol. The number of halogens is 2. The number of rotatable bonds is 3. The second-order valence-corrected chi connectivity index (χ2v) is 7.74. The number of likely N-dealkylation sites (tertiary alicyclic amines) is 1. The minimum Gasteiger partial charge on any atom is -0.362 e. The number of morpholine rings is 1. The third-order valence-corrected chi connectivity index (χ3v) is 5.71. The summed E-state index contributed by atoms with van der Waals surface area (Å²) in [6, 6.07) is 14.0. The van der Waals surface area contributed by atoms with Gasteiger partial charge in [-0.05, 0) is 49.2 Å². The molecule has 142 valence electrons. The summed E-state index contributed by atoms with van der Waals surface area (Å²) in [5.74, 6) is -0.473. The summed E-state index contributed by atoms with van der Waals surface area (Å²) in [5.41, 5.74) is 1.25. The topological polar surface area (TPSA) is 32.8 Å². The lowest BCUT2D eigenvalue weighted by Crippen LogP contribution is -2.61. The molecule has 4 rings (SSSR count). The summed E-state index contributed by atoms with van der Waals surface area (Å²) < 4.78 is 19.7. The highest BCUT2D eigenvalue weighted by Gasteiger charge is 2.43. The van der Waals surface area contributed by atoms with Gasteiger partial charge in [-0.25, -0.2) is 4.39 Å². The first kappa shape index (κ1) is 18.4. The summed E-state index contributed by atoms with van der Waals surface area (Å²) in [6.07, 6.45) is 1.86. The van der Waals surface area contributed by atoms with E-state index in [9.17, 15) is 9.18 Å². The molecule has 0 radical (unpaired) electrons. The third kappa shape index (κ3) is 4.00. The second-order valence-electron chi connectivity index (χ2n) is 7.34. The minimum absolute atomic E-state index is 0.0243. The van der Waals surface area contributed by atoms with Gasteiger partial charge in [0, 0.05) is 23.8 Å². The number of amides is 1. The monoisotopic (exact) mass is 388 g/mol. The molecule has 1 spiro atoms. The Hall–Kier alpha value is -1.95. The highest BCUT2D eigenvalue weighted by molar-refractivity contribution is 6.31. The number of carbonyl (C=O) groups excluding carboxylic acids is 1. The van der Waals surface area contributed by atoms with E-state index in [1.165, 1.54) is 12.1 Å². The Labute approximate surface area is 163 Å². The molecule has 2 saturated heterocycles. The van der Waals surface area contributed by atoms with Gasteiger partial charge in [-0.15, -0.1) is 0 Å². The molecule has 2 aliphatic rings. The standard InChI is InChI=1S/C21H22ClFN2O2/c22-19-8-2-1-5-16(19)12-24-10-4-9-21(14-24)15-25(20(26)13-27-21)18-7-3-6-17(23)11-18/h1-3,5-8,11H,4,9-10,12-15H2. The molecule has 0 saturated carbocycles. The molecule has 0 bridgehead atoms. The summed E-state index contributed by atoms with van der Waals surface area (Å²) in [7, 11) is 0. The number of ether oxygens (including phenoxy) is 1. The highest BCUT2D eigenvalue weighted by Crippen LogP contribution is 2.33. The smallest absolute Gasteiger partial charge is 0.253 e. The van der Waals surface area contributed by atoms with Crippen molar-refractivity contribution in [2.75, 3.05) is 31.1 Å². The van der Waals surface area contributed by atoms with Crippen molar-refractivity contribution in [3.63, 3.8) is 0 Å². The van der Waals surface area contributed by atoms with E-state index < -0.39 is 5.60 Å². The maximum absolute atomic E-state index is 13.6. The fourth-order valence-electron chi connectivity index (χ4n) is 4.03. The number of hydrogen-bond acceptors (Lipinski definition) is 3. The van der Waals surface area contributed by atoms with Crippen LogP contribution in [0.15, 0.2) is 48.5 Å². The number of nitrogens with zero attached hydrogens (tertiary/aromatic N) is 2. The van der Waals surface area contributed by atoms with Crippen molar-refractivity contribution in [1.29, 1.82) is 0 Å². The quantitative estimate of drug-likeness (QED) is 0.800. The van der Waals surface area contributed by atoms with Gasteiger partial charge in [0.05, 0.1) is 12.1 Å². The van der Waals surface area contributed by atoms with E-state index in [1.54, 1.807) is 17.0 Å². The Kier molecular flexibility index (Phi) is 5.17. The van der Waals surface area contributed by atoms with Crippen molar-refractivity contribution in [3.8, 4) is 0 Å². The zero-order valence-corrected chi connectivity index (χ0v) is 15.8. The Balaban J connectivity index is 1.52. The first-order valence-corrected chi connectivity index (χ1v) is 9.58. The molecule has 0 N–H and O–H groups in total. The van der Waals surface area contributed by atoms with Crippen LogP contribution in [0.1, 0.15) is 18.4 Å². The minimum atomic E-state index is -0.431. The van der Waals surface area contributed by atoms with Crippen LogP contribution in [0, 0.1) is 5.82 Å². The average molecular weight is 389 g/mol. The van der Waals surface area contributed by atoms with E-state index in [0.717, 1.165) is 43.1 Å². The Morgan fingerprint density at radius 3 is 2.81 bits per heavy atom. The van der Waals surface area contributed by atoms with Crippen molar-refractivity contribution in [2.45, 2.75) is 25.0 Å². The summed E-state index contributed by atoms with van der Waals surface area (Å²) in [4.78, 5) is 16.4. The van der Waals surface area contributed by atoms with Gasteiger partial charge in [0.2, 0.25) is 0 Å². The maximum atomic E-state index is 13.6. The molecule has 2 aromatic rings. The Morgan fingerprint density at radius 2 is 2.00 bits per heavy atom. The van der Waals surface area contributed by atoms with Crippen molar-refractivity contribution >= 4 is 23.2 Å². The van der Waals surface area contributed by atoms with Crippen LogP contribution in [0.25, 0.3) is 0 Å².